The third-order valence-electron chi connectivity index (χ3n) is 5.62. The van der Waals surface area contributed by atoms with Gasteiger partial charge in [0, 0.05) is 31.2 Å². The van der Waals surface area contributed by atoms with Crippen LogP contribution in [0.5, 0.6) is 0 Å². The lowest BCUT2D eigenvalue weighted by atomic mass is 9.94. The molecular formula is C21H26N4O2. The van der Waals surface area contributed by atoms with Crippen LogP contribution >= 0.6 is 0 Å². The molecule has 0 saturated carbocycles. The van der Waals surface area contributed by atoms with Crippen molar-refractivity contribution >= 4 is 22.8 Å². The largest absolute Gasteiger partial charge is 0.342 e. The highest BCUT2D eigenvalue weighted by atomic mass is 16.2. The van der Waals surface area contributed by atoms with E-state index in [0.29, 0.717) is 25.2 Å². The zero-order valence-corrected chi connectivity index (χ0v) is 16.2. The summed E-state index contributed by atoms with van der Waals surface area (Å²) in [5, 5.41) is 0. The van der Waals surface area contributed by atoms with Crippen molar-refractivity contribution in [2.75, 3.05) is 19.6 Å². The van der Waals surface area contributed by atoms with Gasteiger partial charge in [0.2, 0.25) is 5.91 Å². The number of hydrogen-bond acceptors (Lipinski definition) is 3. The minimum Gasteiger partial charge on any atom is -0.342 e. The monoisotopic (exact) mass is 366 g/mol. The normalized spacial score (nSPS) is 22.3. The van der Waals surface area contributed by atoms with Crippen LogP contribution in [0.1, 0.15) is 42.9 Å². The van der Waals surface area contributed by atoms with Crippen LogP contribution in [0.25, 0.3) is 11.0 Å². The van der Waals surface area contributed by atoms with Gasteiger partial charge in [0.1, 0.15) is 5.82 Å². The van der Waals surface area contributed by atoms with E-state index in [1.807, 2.05) is 48.8 Å². The molecule has 2 bridgehead atoms. The molecule has 0 aliphatic carbocycles. The van der Waals surface area contributed by atoms with E-state index >= 15 is 0 Å². The third kappa shape index (κ3) is 3.36. The summed E-state index contributed by atoms with van der Waals surface area (Å²) in [6.07, 6.45) is 3.94. The quantitative estimate of drug-likeness (QED) is 0.849. The number of piperidine rings is 1. The van der Waals surface area contributed by atoms with Crippen LogP contribution in [-0.4, -0.2) is 57.3 Å². The third-order valence-corrected chi connectivity index (χ3v) is 5.62. The van der Waals surface area contributed by atoms with Gasteiger partial charge < -0.3 is 14.8 Å². The molecule has 1 aromatic heterocycles. The maximum atomic E-state index is 13.2. The van der Waals surface area contributed by atoms with Crippen LogP contribution in [0, 0.1) is 12.8 Å². The zero-order chi connectivity index (χ0) is 19.1. The van der Waals surface area contributed by atoms with Gasteiger partial charge in [-0.15, -0.1) is 0 Å². The number of fused-ring (bicyclic) bond motifs is 5. The summed E-state index contributed by atoms with van der Waals surface area (Å²) in [4.78, 5) is 37.4. The van der Waals surface area contributed by atoms with E-state index in [4.69, 9.17) is 0 Å². The molecule has 2 unspecified atom stereocenters. The summed E-state index contributed by atoms with van der Waals surface area (Å²) in [5.41, 5.74) is 3.59. The second-order valence-electron chi connectivity index (χ2n) is 7.96. The maximum Gasteiger partial charge on any atom is 0.254 e. The summed E-state index contributed by atoms with van der Waals surface area (Å²) in [6.45, 7) is 7.76. The van der Waals surface area contributed by atoms with Gasteiger partial charge in [-0.25, -0.2) is 4.98 Å². The number of benzene rings is 1. The molecule has 2 aromatic rings. The first-order chi connectivity index (χ1) is 12.9. The van der Waals surface area contributed by atoms with E-state index in [9.17, 15) is 9.59 Å². The average Bonchev–Trinajstić information content (AvgIpc) is 2.80. The molecule has 2 atom stereocenters. The summed E-state index contributed by atoms with van der Waals surface area (Å²) in [7, 11) is 0. The van der Waals surface area contributed by atoms with E-state index in [-0.39, 0.29) is 23.8 Å². The van der Waals surface area contributed by atoms with Gasteiger partial charge in [-0.3, -0.25) is 9.59 Å². The summed E-state index contributed by atoms with van der Waals surface area (Å²) >= 11 is 0. The van der Waals surface area contributed by atoms with Crippen molar-refractivity contribution in [3.8, 4) is 0 Å². The lowest BCUT2D eigenvalue weighted by molar-refractivity contribution is -0.139. The van der Waals surface area contributed by atoms with E-state index in [1.54, 1.807) is 0 Å². The van der Waals surface area contributed by atoms with Crippen molar-refractivity contribution in [1.29, 1.82) is 0 Å². The number of nitrogens with one attached hydrogen (secondary N) is 1. The molecule has 3 aliphatic heterocycles. The van der Waals surface area contributed by atoms with Crippen molar-refractivity contribution in [2.24, 2.45) is 5.92 Å². The van der Waals surface area contributed by atoms with Crippen molar-refractivity contribution in [2.45, 2.75) is 39.7 Å². The molecule has 6 nitrogen and oxygen atoms in total. The fraction of sp³-hybridized carbons (Fsp3) is 0.476. The van der Waals surface area contributed by atoms with Crippen LogP contribution in [0.4, 0.5) is 0 Å². The van der Waals surface area contributed by atoms with Gasteiger partial charge in [0.15, 0.2) is 0 Å². The summed E-state index contributed by atoms with van der Waals surface area (Å²) in [5.74, 6) is 0.941. The van der Waals surface area contributed by atoms with Gasteiger partial charge in [0.25, 0.3) is 5.91 Å². The first-order valence-corrected chi connectivity index (χ1v) is 9.62. The molecule has 1 N–H and O–H groups in total. The molecule has 27 heavy (non-hydrogen) atoms. The van der Waals surface area contributed by atoms with Crippen LogP contribution in [0.2, 0.25) is 0 Å². The Kier molecular flexibility index (Phi) is 4.50. The molecule has 6 heteroatoms. The fourth-order valence-corrected chi connectivity index (χ4v) is 4.18. The summed E-state index contributed by atoms with van der Waals surface area (Å²) < 4.78 is 0. The molecule has 0 spiro atoms. The molecule has 3 aliphatic rings. The Morgan fingerprint density at radius 1 is 1.30 bits per heavy atom. The van der Waals surface area contributed by atoms with Crippen LogP contribution < -0.4 is 0 Å². The number of carbonyl (C=O) groups is 2. The second kappa shape index (κ2) is 6.83. The minimum absolute atomic E-state index is 0.00193. The van der Waals surface area contributed by atoms with Gasteiger partial charge in [-0.1, -0.05) is 11.6 Å². The zero-order valence-electron chi connectivity index (χ0n) is 16.2. The number of aromatic nitrogens is 2. The minimum atomic E-state index is -0.0867. The number of amides is 2. The molecule has 1 aromatic carbocycles. The highest BCUT2D eigenvalue weighted by Gasteiger charge is 2.41. The number of aryl methyl sites for hydroxylation is 1. The predicted octanol–water partition coefficient (Wildman–Crippen LogP) is 2.90. The second-order valence-corrected chi connectivity index (χ2v) is 7.96. The van der Waals surface area contributed by atoms with Gasteiger partial charge in [0.05, 0.1) is 17.0 Å². The number of hydrogen-bond donors (Lipinski definition) is 1. The SMILES string of the molecule is CC(C)=CCN1C(=O)C2CCC1CN(C(=O)c1ccc3nc(C)[nH]c3c1)C2. The van der Waals surface area contributed by atoms with E-state index in [0.717, 1.165) is 29.7 Å². The molecular weight excluding hydrogens is 340 g/mol. The molecule has 5 rings (SSSR count). The number of H-pyrrole nitrogens is 1. The Bertz CT molecular complexity index is 925. The van der Waals surface area contributed by atoms with E-state index in [1.165, 1.54) is 5.57 Å². The van der Waals surface area contributed by atoms with Crippen molar-refractivity contribution in [3.63, 3.8) is 0 Å². The molecule has 3 saturated heterocycles. The Balaban J connectivity index is 1.58. The highest BCUT2D eigenvalue weighted by molar-refractivity contribution is 5.98. The highest BCUT2D eigenvalue weighted by Crippen LogP contribution is 2.30. The number of aromatic amines is 1. The van der Waals surface area contributed by atoms with Gasteiger partial charge >= 0.3 is 0 Å². The van der Waals surface area contributed by atoms with Crippen LogP contribution in [0.15, 0.2) is 29.8 Å². The number of carbonyl (C=O) groups excluding carboxylic acids is 2. The predicted molar refractivity (Wildman–Crippen MR) is 104 cm³/mol. The van der Waals surface area contributed by atoms with E-state index in [2.05, 4.69) is 16.0 Å². The van der Waals surface area contributed by atoms with Crippen molar-refractivity contribution in [1.82, 2.24) is 19.8 Å². The lowest BCUT2D eigenvalue weighted by Crippen LogP contribution is -2.48. The number of rotatable bonds is 3. The summed E-state index contributed by atoms with van der Waals surface area (Å²) in [6, 6.07) is 5.69. The molecule has 0 radical (unpaired) electrons. The molecule has 142 valence electrons. The number of allylic oxidation sites excluding steroid dienone is 1. The number of imidazole rings is 1. The first-order valence-electron chi connectivity index (χ1n) is 9.62. The standard InChI is InChI=1S/C21H26N4O2/c1-13(2)8-9-25-17-6-4-16(21(25)27)11-24(12-17)20(26)15-5-7-18-19(10-15)23-14(3)22-18/h5,7-8,10,16-17H,4,6,9,11-12H2,1-3H3,(H,22,23). The van der Waals surface area contributed by atoms with Crippen LogP contribution in [0.3, 0.4) is 0 Å². The van der Waals surface area contributed by atoms with Crippen molar-refractivity contribution in [3.05, 3.63) is 41.2 Å². The van der Waals surface area contributed by atoms with Gasteiger partial charge in [-0.05, 0) is 51.8 Å². The van der Waals surface area contributed by atoms with E-state index < -0.39 is 0 Å². The molecule has 4 heterocycles. The Morgan fingerprint density at radius 3 is 2.89 bits per heavy atom. The Labute approximate surface area is 159 Å². The lowest BCUT2D eigenvalue weighted by Gasteiger charge is -2.35. The Morgan fingerprint density at radius 2 is 2.11 bits per heavy atom. The topological polar surface area (TPSA) is 69.3 Å². The van der Waals surface area contributed by atoms with Crippen LogP contribution in [-0.2, 0) is 4.79 Å². The molecule has 2 amide bonds. The molecule has 3 fully saturated rings. The number of nitrogens with zero attached hydrogens (tertiary/aromatic N) is 3. The average molecular weight is 366 g/mol. The van der Waals surface area contributed by atoms with Crippen molar-refractivity contribution < 1.29 is 9.59 Å². The van der Waals surface area contributed by atoms with Gasteiger partial charge in [-0.2, -0.15) is 0 Å². The maximum absolute atomic E-state index is 13.2. The smallest absolute Gasteiger partial charge is 0.254 e. The first kappa shape index (κ1) is 17.8. The Hall–Kier alpha value is -2.63. The fourth-order valence-electron chi connectivity index (χ4n) is 4.18.